The minimum absolute atomic E-state index is 0.0535. The molecule has 0 saturated carbocycles. The fourth-order valence-electron chi connectivity index (χ4n) is 5.58. The van der Waals surface area contributed by atoms with E-state index in [4.69, 9.17) is 9.47 Å². The predicted octanol–water partition coefficient (Wildman–Crippen LogP) is 6.36. The molecular formula is C32H30FIN2O3. The predicted molar refractivity (Wildman–Crippen MR) is 164 cm³/mol. The molecule has 7 heteroatoms. The number of aliphatic hydroxyl groups is 1. The Morgan fingerprint density at radius 3 is 2.41 bits per heavy atom. The SMILES string of the molecule is OCCN(CI)c1cc2c(c3ccccc13)C=CC(c1ccc(N3CCOCC3)cc1)(c1cccc(F)c1)O2. The largest absolute Gasteiger partial charge is 0.473 e. The summed E-state index contributed by atoms with van der Waals surface area (Å²) in [4.78, 5) is 4.46. The van der Waals surface area contributed by atoms with Gasteiger partial charge in [0.25, 0.3) is 0 Å². The van der Waals surface area contributed by atoms with E-state index >= 15 is 0 Å². The molecule has 2 aliphatic heterocycles. The Hall–Kier alpha value is -3.14. The highest BCUT2D eigenvalue weighted by Gasteiger charge is 2.38. The first-order chi connectivity index (χ1) is 19.1. The lowest BCUT2D eigenvalue weighted by atomic mass is 9.83. The van der Waals surface area contributed by atoms with E-state index in [1.807, 2.05) is 24.3 Å². The number of rotatable bonds is 7. The van der Waals surface area contributed by atoms with E-state index in [2.05, 4.69) is 80.9 Å². The number of hydrogen-bond acceptors (Lipinski definition) is 5. The lowest BCUT2D eigenvalue weighted by molar-refractivity contribution is 0.122. The van der Waals surface area contributed by atoms with Crippen molar-refractivity contribution >= 4 is 50.8 Å². The van der Waals surface area contributed by atoms with Gasteiger partial charge >= 0.3 is 0 Å². The highest BCUT2D eigenvalue weighted by atomic mass is 127. The van der Waals surface area contributed by atoms with Gasteiger partial charge in [-0.15, -0.1) is 0 Å². The van der Waals surface area contributed by atoms with Crippen molar-refractivity contribution in [2.45, 2.75) is 5.60 Å². The van der Waals surface area contributed by atoms with Gasteiger partial charge in [0, 0.05) is 59.2 Å². The van der Waals surface area contributed by atoms with Gasteiger partial charge in [-0.2, -0.15) is 0 Å². The third-order valence-corrected chi connectivity index (χ3v) is 8.39. The van der Waals surface area contributed by atoms with Crippen LogP contribution in [-0.4, -0.2) is 49.1 Å². The molecule has 0 aromatic heterocycles. The summed E-state index contributed by atoms with van der Waals surface area (Å²) in [6.07, 6.45) is 4.15. The molecule has 1 N–H and O–H groups in total. The molecule has 0 bridgehead atoms. The Kier molecular flexibility index (Phi) is 7.47. The monoisotopic (exact) mass is 636 g/mol. The van der Waals surface area contributed by atoms with Crippen LogP contribution in [0.2, 0.25) is 0 Å². The minimum atomic E-state index is -1.01. The molecule has 4 aromatic carbocycles. The van der Waals surface area contributed by atoms with Crippen molar-refractivity contribution in [2.24, 2.45) is 0 Å². The average molecular weight is 637 g/mol. The van der Waals surface area contributed by atoms with Gasteiger partial charge in [-0.05, 0) is 41.8 Å². The van der Waals surface area contributed by atoms with Gasteiger partial charge in [0.1, 0.15) is 11.6 Å². The number of aliphatic hydroxyl groups excluding tert-OH is 1. The van der Waals surface area contributed by atoms with Gasteiger partial charge in [-0.25, -0.2) is 4.39 Å². The zero-order chi connectivity index (χ0) is 26.8. The average Bonchev–Trinajstić information content (AvgIpc) is 3.00. The van der Waals surface area contributed by atoms with Crippen LogP contribution in [0.25, 0.3) is 16.8 Å². The second-order valence-corrected chi connectivity index (χ2v) is 10.5. The summed E-state index contributed by atoms with van der Waals surface area (Å²) in [6, 6.07) is 25.4. The molecule has 5 nitrogen and oxygen atoms in total. The van der Waals surface area contributed by atoms with Crippen LogP contribution >= 0.6 is 22.6 Å². The number of alkyl halides is 1. The molecule has 2 heterocycles. The summed E-state index contributed by atoms with van der Waals surface area (Å²) >= 11 is 2.32. The zero-order valence-corrected chi connectivity index (χ0v) is 23.7. The number of halogens is 2. The van der Waals surface area contributed by atoms with Gasteiger partial charge in [0.05, 0.1) is 24.4 Å². The molecular weight excluding hydrogens is 606 g/mol. The Morgan fingerprint density at radius 2 is 1.69 bits per heavy atom. The summed E-state index contributed by atoms with van der Waals surface area (Å²) in [5, 5.41) is 11.9. The van der Waals surface area contributed by atoms with Crippen LogP contribution in [0.1, 0.15) is 16.7 Å². The fourth-order valence-corrected chi connectivity index (χ4v) is 6.29. The third-order valence-electron chi connectivity index (χ3n) is 7.56. The Balaban J connectivity index is 1.50. The van der Waals surface area contributed by atoms with Gasteiger partial charge in [-0.3, -0.25) is 0 Å². The molecule has 200 valence electrons. The van der Waals surface area contributed by atoms with E-state index < -0.39 is 5.60 Å². The van der Waals surface area contributed by atoms with E-state index in [1.165, 1.54) is 6.07 Å². The lowest BCUT2D eigenvalue weighted by Crippen LogP contribution is -2.37. The van der Waals surface area contributed by atoms with Gasteiger partial charge < -0.3 is 24.4 Å². The van der Waals surface area contributed by atoms with Crippen molar-refractivity contribution in [3.8, 4) is 5.75 Å². The number of nitrogens with zero attached hydrogens (tertiary/aromatic N) is 2. The third kappa shape index (κ3) is 4.88. The molecule has 1 saturated heterocycles. The van der Waals surface area contributed by atoms with Gasteiger partial charge in [-0.1, -0.05) is 71.1 Å². The summed E-state index contributed by atoms with van der Waals surface area (Å²) < 4.78 is 27.8. The number of morpholine rings is 1. The van der Waals surface area contributed by atoms with E-state index in [9.17, 15) is 9.50 Å². The number of hydrogen-bond donors (Lipinski definition) is 1. The highest BCUT2D eigenvalue weighted by molar-refractivity contribution is 14.1. The second kappa shape index (κ2) is 11.2. The Morgan fingerprint density at radius 1 is 0.923 bits per heavy atom. The maximum atomic E-state index is 14.6. The van der Waals surface area contributed by atoms with Crippen molar-refractivity contribution < 1.29 is 19.0 Å². The minimum Gasteiger partial charge on any atom is -0.473 e. The van der Waals surface area contributed by atoms with Crippen LogP contribution in [0.4, 0.5) is 15.8 Å². The quantitative estimate of drug-likeness (QED) is 0.146. The molecule has 6 rings (SSSR count). The smallest absolute Gasteiger partial charge is 0.178 e. The molecule has 1 atom stereocenters. The van der Waals surface area contributed by atoms with Crippen molar-refractivity contribution in [2.75, 3.05) is 53.8 Å². The number of benzene rings is 4. The zero-order valence-electron chi connectivity index (χ0n) is 21.5. The summed E-state index contributed by atoms with van der Waals surface area (Å²) in [5.74, 6) is 0.415. The first-order valence-corrected chi connectivity index (χ1v) is 14.7. The fraction of sp³-hybridized carbons (Fsp3) is 0.250. The first kappa shape index (κ1) is 26.1. The molecule has 0 spiro atoms. The van der Waals surface area contributed by atoms with Crippen LogP contribution < -0.4 is 14.5 Å². The molecule has 1 fully saturated rings. The Bertz CT molecular complexity index is 1500. The van der Waals surface area contributed by atoms with Crippen LogP contribution in [0.5, 0.6) is 5.75 Å². The summed E-state index contributed by atoms with van der Waals surface area (Å²) in [5.41, 5.74) is 3.75. The number of ether oxygens (including phenoxy) is 2. The first-order valence-electron chi connectivity index (χ1n) is 13.2. The van der Waals surface area contributed by atoms with E-state index in [0.29, 0.717) is 6.54 Å². The lowest BCUT2D eigenvalue weighted by Gasteiger charge is -2.37. The molecule has 0 aliphatic carbocycles. The van der Waals surface area contributed by atoms with Crippen molar-refractivity contribution in [3.63, 3.8) is 0 Å². The van der Waals surface area contributed by atoms with Crippen LogP contribution in [0.3, 0.4) is 0 Å². The summed E-state index contributed by atoms with van der Waals surface area (Å²) in [6.45, 7) is 3.72. The van der Waals surface area contributed by atoms with Gasteiger partial charge in [0.2, 0.25) is 0 Å². The maximum absolute atomic E-state index is 14.6. The standard InChI is InChI=1S/C32H30FIN2O3/c33-25-5-3-4-24(20-25)32(23-8-10-26(11-9-23)35-15-18-38-19-16-35)13-12-29-27-6-1-2-7-28(27)30(21-31(29)39-32)36(22-34)14-17-37/h1-13,20-21,37H,14-19,22H2. The normalized spacial score (nSPS) is 18.6. The molecule has 1 unspecified atom stereocenters. The van der Waals surface area contributed by atoms with Crippen molar-refractivity contribution in [1.82, 2.24) is 0 Å². The van der Waals surface area contributed by atoms with Crippen LogP contribution in [0.15, 0.2) is 84.9 Å². The van der Waals surface area contributed by atoms with E-state index in [-0.39, 0.29) is 12.4 Å². The molecule has 39 heavy (non-hydrogen) atoms. The molecule has 0 radical (unpaired) electrons. The highest BCUT2D eigenvalue weighted by Crippen LogP contribution is 2.47. The number of fused-ring (bicyclic) bond motifs is 3. The van der Waals surface area contributed by atoms with Crippen molar-refractivity contribution in [1.29, 1.82) is 0 Å². The summed E-state index contributed by atoms with van der Waals surface area (Å²) in [7, 11) is 0. The van der Waals surface area contributed by atoms with Crippen LogP contribution in [-0.2, 0) is 10.3 Å². The molecule has 2 aliphatic rings. The van der Waals surface area contributed by atoms with Gasteiger partial charge in [0.15, 0.2) is 5.60 Å². The topological polar surface area (TPSA) is 45.2 Å². The number of anilines is 2. The Labute approximate surface area is 241 Å². The molecule has 0 amide bonds. The van der Waals surface area contributed by atoms with E-state index in [1.54, 1.807) is 12.1 Å². The second-order valence-electron chi connectivity index (χ2n) is 9.79. The van der Waals surface area contributed by atoms with Crippen molar-refractivity contribution in [3.05, 3.63) is 107 Å². The molecule has 4 aromatic rings. The van der Waals surface area contributed by atoms with Crippen LogP contribution in [0, 0.1) is 5.82 Å². The maximum Gasteiger partial charge on any atom is 0.178 e. The van der Waals surface area contributed by atoms with E-state index in [0.717, 1.165) is 75.4 Å².